The maximum atomic E-state index is 10.1. The van der Waals surface area contributed by atoms with Crippen molar-refractivity contribution in [1.82, 2.24) is 0 Å². The Morgan fingerprint density at radius 3 is 2.61 bits per heavy atom. The fourth-order valence-electron chi connectivity index (χ4n) is 2.76. The van der Waals surface area contributed by atoms with Gasteiger partial charge in [0.05, 0.1) is 0 Å². The Balaban J connectivity index is 2.36. The summed E-state index contributed by atoms with van der Waals surface area (Å²) >= 11 is 12.2. The van der Waals surface area contributed by atoms with Crippen LogP contribution in [0.25, 0.3) is 10.8 Å². The van der Waals surface area contributed by atoms with Crippen LogP contribution in [-0.4, -0.2) is 23.5 Å². The number of likely N-dealkylation sites (N-methyl/N-ethyl adjacent to an activating group) is 1. The summed E-state index contributed by atoms with van der Waals surface area (Å²) in [6, 6.07) is 9.61. The minimum atomic E-state index is -0.443. The third-order valence-electron chi connectivity index (χ3n) is 3.60. The van der Waals surface area contributed by atoms with Gasteiger partial charge >= 0.3 is 0 Å². The molecule has 0 fully saturated rings. The van der Waals surface area contributed by atoms with Crippen molar-refractivity contribution in [3.63, 3.8) is 0 Å². The topological polar surface area (TPSA) is 23.5 Å². The molecule has 0 radical (unpaired) electrons. The van der Waals surface area contributed by atoms with Gasteiger partial charge in [0, 0.05) is 36.7 Å². The van der Waals surface area contributed by atoms with Crippen molar-refractivity contribution in [1.29, 1.82) is 0 Å². The summed E-state index contributed by atoms with van der Waals surface area (Å²) in [4.78, 5) is 1.64. The fraction of sp³-hybridized carbons (Fsp3) is 0.286. The van der Waals surface area contributed by atoms with E-state index in [0.717, 1.165) is 28.6 Å². The first-order valence-electron chi connectivity index (χ1n) is 5.83. The Morgan fingerprint density at radius 2 is 1.94 bits per heavy atom. The van der Waals surface area contributed by atoms with E-state index in [1.54, 1.807) is 6.07 Å². The van der Waals surface area contributed by atoms with Crippen molar-refractivity contribution in [2.45, 2.75) is 10.8 Å². The number of fused-ring (bicyclic) bond motifs is 3. The van der Waals surface area contributed by atoms with E-state index in [2.05, 4.69) is 4.90 Å². The molecule has 1 aliphatic heterocycles. The molecule has 1 atom stereocenters. The monoisotopic (exact) mass is 281 g/mol. The summed E-state index contributed by atoms with van der Waals surface area (Å²) in [5, 5.41) is 12.0. The van der Waals surface area contributed by atoms with Gasteiger partial charge in [0.2, 0.25) is 0 Å². The van der Waals surface area contributed by atoms with Crippen LogP contribution >= 0.6 is 23.2 Å². The molecule has 1 heterocycles. The molecule has 0 saturated heterocycles. The summed E-state index contributed by atoms with van der Waals surface area (Å²) in [7, 11) is 1.99. The maximum absolute atomic E-state index is 10.1. The lowest BCUT2D eigenvalue weighted by Crippen LogP contribution is -2.18. The molecule has 0 amide bonds. The van der Waals surface area contributed by atoms with Crippen LogP contribution < -0.4 is 4.90 Å². The van der Waals surface area contributed by atoms with Crippen molar-refractivity contribution >= 4 is 39.7 Å². The van der Waals surface area contributed by atoms with E-state index in [9.17, 15) is 5.11 Å². The van der Waals surface area contributed by atoms with Crippen molar-refractivity contribution in [3.05, 3.63) is 35.9 Å². The largest absolute Gasteiger partial charge is 0.507 e. The van der Waals surface area contributed by atoms with Gasteiger partial charge in [0.15, 0.2) is 0 Å². The van der Waals surface area contributed by atoms with Gasteiger partial charge in [-0.3, -0.25) is 0 Å². The van der Waals surface area contributed by atoms with Crippen molar-refractivity contribution in [2.24, 2.45) is 0 Å². The van der Waals surface area contributed by atoms with Crippen molar-refractivity contribution in [3.8, 4) is 5.75 Å². The number of hydrogen-bond acceptors (Lipinski definition) is 2. The van der Waals surface area contributed by atoms with Gasteiger partial charge in [0.1, 0.15) is 10.6 Å². The number of alkyl halides is 2. The molecule has 18 heavy (non-hydrogen) atoms. The standard InChI is InChI=1S/C14H13Cl2NO/c1-17-7-10(14(15)16)13-9-5-3-2-4-8(9)12(18)6-11(13)17/h2-6,10,14,18H,7H2,1H3. The number of aromatic hydroxyl groups is 1. The van der Waals surface area contributed by atoms with Gasteiger partial charge in [-0.15, -0.1) is 23.2 Å². The molecule has 3 rings (SSSR count). The van der Waals surface area contributed by atoms with Gasteiger partial charge in [-0.2, -0.15) is 0 Å². The Hall–Kier alpha value is -1.12. The Morgan fingerprint density at radius 1 is 1.28 bits per heavy atom. The van der Waals surface area contributed by atoms with E-state index in [1.807, 2.05) is 31.3 Å². The average Bonchev–Trinajstić information content (AvgIpc) is 2.68. The zero-order chi connectivity index (χ0) is 12.9. The molecule has 2 aromatic carbocycles. The quantitative estimate of drug-likeness (QED) is 0.802. The number of hydrogen-bond donors (Lipinski definition) is 1. The molecule has 0 saturated carbocycles. The highest BCUT2D eigenvalue weighted by atomic mass is 35.5. The molecule has 4 heteroatoms. The third-order valence-corrected chi connectivity index (χ3v) is 4.21. The summed E-state index contributed by atoms with van der Waals surface area (Å²) in [5.41, 5.74) is 2.16. The van der Waals surface area contributed by atoms with Gasteiger partial charge in [-0.1, -0.05) is 24.3 Å². The molecule has 0 spiro atoms. The van der Waals surface area contributed by atoms with Crippen LogP contribution in [0.3, 0.4) is 0 Å². The summed E-state index contributed by atoms with van der Waals surface area (Å²) in [6.07, 6.45) is 0. The van der Waals surface area contributed by atoms with Gasteiger partial charge < -0.3 is 10.0 Å². The molecule has 94 valence electrons. The minimum Gasteiger partial charge on any atom is -0.507 e. The second-order valence-electron chi connectivity index (χ2n) is 4.70. The lowest BCUT2D eigenvalue weighted by molar-refractivity contribution is 0.481. The van der Waals surface area contributed by atoms with E-state index in [4.69, 9.17) is 23.2 Å². The molecule has 2 aromatic rings. The Labute approximate surface area is 116 Å². The van der Waals surface area contributed by atoms with Crippen LogP contribution in [0.1, 0.15) is 11.5 Å². The van der Waals surface area contributed by atoms with E-state index >= 15 is 0 Å². The third kappa shape index (κ3) is 1.63. The highest BCUT2D eigenvalue weighted by molar-refractivity contribution is 6.45. The predicted octanol–water partition coefficient (Wildman–Crippen LogP) is 3.88. The number of rotatable bonds is 1. The van der Waals surface area contributed by atoms with E-state index in [1.165, 1.54) is 0 Å². The molecule has 1 N–H and O–H groups in total. The first-order chi connectivity index (χ1) is 8.59. The van der Waals surface area contributed by atoms with Crippen molar-refractivity contribution in [2.75, 3.05) is 18.5 Å². The predicted molar refractivity (Wildman–Crippen MR) is 77.1 cm³/mol. The zero-order valence-corrected chi connectivity index (χ0v) is 11.4. The smallest absolute Gasteiger partial charge is 0.125 e. The van der Waals surface area contributed by atoms with Crippen molar-refractivity contribution < 1.29 is 5.11 Å². The Bertz CT molecular complexity index is 612. The first-order valence-corrected chi connectivity index (χ1v) is 6.70. The van der Waals surface area contributed by atoms with Gasteiger partial charge in [-0.05, 0) is 10.9 Å². The number of benzene rings is 2. The number of anilines is 1. The normalized spacial score (nSPS) is 18.7. The molecule has 1 aliphatic rings. The average molecular weight is 282 g/mol. The van der Waals surface area contributed by atoms with E-state index < -0.39 is 4.84 Å². The van der Waals surface area contributed by atoms with Crippen LogP contribution in [0.5, 0.6) is 5.75 Å². The SMILES string of the molecule is CN1CC(C(Cl)Cl)c2c1cc(O)c1ccccc21. The minimum absolute atomic E-state index is 0.0823. The molecular formula is C14H13Cl2NO. The number of halogens is 2. The van der Waals surface area contributed by atoms with Gasteiger partial charge in [0.25, 0.3) is 0 Å². The zero-order valence-electron chi connectivity index (χ0n) is 9.90. The summed E-state index contributed by atoms with van der Waals surface area (Å²) < 4.78 is 0. The molecule has 2 nitrogen and oxygen atoms in total. The number of phenols is 1. The molecule has 0 bridgehead atoms. The van der Waals surface area contributed by atoms with Crippen LogP contribution in [0.2, 0.25) is 0 Å². The maximum Gasteiger partial charge on any atom is 0.125 e. The van der Waals surface area contributed by atoms with Gasteiger partial charge in [-0.25, -0.2) is 0 Å². The van der Waals surface area contributed by atoms with Crippen LogP contribution in [-0.2, 0) is 0 Å². The molecule has 0 aliphatic carbocycles. The lowest BCUT2D eigenvalue weighted by atomic mass is 9.95. The number of nitrogens with zero attached hydrogens (tertiary/aromatic N) is 1. The molecule has 0 aromatic heterocycles. The van der Waals surface area contributed by atoms with Crippen LogP contribution in [0, 0.1) is 0 Å². The summed E-state index contributed by atoms with van der Waals surface area (Å²) in [5.74, 6) is 0.386. The first kappa shape index (κ1) is 11.9. The molecular weight excluding hydrogens is 269 g/mol. The van der Waals surface area contributed by atoms with Crippen LogP contribution in [0.4, 0.5) is 5.69 Å². The second kappa shape index (κ2) is 4.22. The fourth-order valence-corrected chi connectivity index (χ4v) is 3.17. The lowest BCUT2D eigenvalue weighted by Gasteiger charge is -2.14. The number of phenolic OH excluding ortho intramolecular Hbond substituents is 1. The Kier molecular flexibility index (Phi) is 2.80. The van der Waals surface area contributed by atoms with Crippen LogP contribution in [0.15, 0.2) is 30.3 Å². The highest BCUT2D eigenvalue weighted by Crippen LogP contribution is 2.46. The van der Waals surface area contributed by atoms with E-state index in [-0.39, 0.29) is 5.92 Å². The summed E-state index contributed by atoms with van der Waals surface area (Å²) in [6.45, 7) is 0.778. The molecule has 1 unspecified atom stereocenters. The second-order valence-corrected chi connectivity index (χ2v) is 5.86. The van der Waals surface area contributed by atoms with E-state index in [0.29, 0.717) is 5.75 Å². The highest BCUT2D eigenvalue weighted by Gasteiger charge is 2.33.